The minimum Gasteiger partial charge on any atom is -0.383 e. The van der Waals surface area contributed by atoms with E-state index in [-0.39, 0.29) is 18.0 Å². The fraction of sp³-hybridized carbons (Fsp3) is 0.389. The Morgan fingerprint density at radius 2 is 2.35 bits per heavy atom. The van der Waals surface area contributed by atoms with Crippen molar-refractivity contribution in [3.8, 4) is 0 Å². The summed E-state index contributed by atoms with van der Waals surface area (Å²) in [6, 6.07) is 1.34. The smallest absolute Gasteiger partial charge is 0.320 e. The van der Waals surface area contributed by atoms with Gasteiger partial charge >= 0.3 is 6.03 Å². The molecule has 0 fully saturated rings. The number of nitrogens with one attached hydrogen (secondary N) is 4. The van der Waals surface area contributed by atoms with Gasteiger partial charge in [-0.15, -0.1) is 0 Å². The number of ether oxygens (including phenoxy) is 1. The Kier molecular flexibility index (Phi) is 5.85. The Bertz CT molecular complexity index is 813. The number of H-pyrrole nitrogens is 1. The SMILES string of the molecule is CCNc1n[nH]c2cc(NC(=O)N[C@H](COC)C3C=CC=CC3)ncc12. The molecule has 8 heteroatoms. The van der Waals surface area contributed by atoms with Crippen molar-refractivity contribution in [1.82, 2.24) is 20.5 Å². The van der Waals surface area contributed by atoms with Gasteiger partial charge in [0.1, 0.15) is 5.82 Å². The number of rotatable bonds is 7. The first-order valence-electron chi connectivity index (χ1n) is 8.69. The zero-order valence-electron chi connectivity index (χ0n) is 15.0. The van der Waals surface area contributed by atoms with Crippen LogP contribution in [0.3, 0.4) is 0 Å². The number of anilines is 2. The van der Waals surface area contributed by atoms with Crippen LogP contribution in [0, 0.1) is 5.92 Å². The molecule has 26 heavy (non-hydrogen) atoms. The van der Waals surface area contributed by atoms with E-state index in [4.69, 9.17) is 4.74 Å². The number of pyridine rings is 1. The topological polar surface area (TPSA) is 104 Å². The van der Waals surface area contributed by atoms with Crippen LogP contribution in [0.25, 0.3) is 10.9 Å². The summed E-state index contributed by atoms with van der Waals surface area (Å²) < 4.78 is 5.26. The lowest BCUT2D eigenvalue weighted by atomic mass is 9.93. The van der Waals surface area contributed by atoms with E-state index in [2.05, 4.69) is 43.3 Å². The van der Waals surface area contributed by atoms with Gasteiger partial charge in [-0.2, -0.15) is 5.10 Å². The van der Waals surface area contributed by atoms with Crippen LogP contribution < -0.4 is 16.0 Å². The van der Waals surface area contributed by atoms with Crippen molar-refractivity contribution < 1.29 is 9.53 Å². The highest BCUT2D eigenvalue weighted by Gasteiger charge is 2.21. The highest BCUT2D eigenvalue weighted by atomic mass is 16.5. The molecule has 138 valence electrons. The van der Waals surface area contributed by atoms with E-state index in [1.54, 1.807) is 19.4 Å². The summed E-state index contributed by atoms with van der Waals surface area (Å²) in [4.78, 5) is 16.7. The molecular formula is C18H24N6O2. The molecule has 1 aliphatic carbocycles. The number of nitrogens with zero attached hydrogens (tertiary/aromatic N) is 2. The number of allylic oxidation sites excluding steroid dienone is 3. The second-order valence-electron chi connectivity index (χ2n) is 6.09. The van der Waals surface area contributed by atoms with Crippen LogP contribution in [0.2, 0.25) is 0 Å². The summed E-state index contributed by atoms with van der Waals surface area (Å²) in [5.41, 5.74) is 0.806. The maximum Gasteiger partial charge on any atom is 0.320 e. The molecular weight excluding hydrogens is 332 g/mol. The van der Waals surface area contributed by atoms with E-state index in [1.807, 2.05) is 19.1 Å². The highest BCUT2D eigenvalue weighted by Crippen LogP contribution is 2.21. The summed E-state index contributed by atoms with van der Waals surface area (Å²) in [5.74, 6) is 1.41. The fourth-order valence-corrected chi connectivity index (χ4v) is 2.95. The van der Waals surface area contributed by atoms with Crippen LogP contribution in [-0.4, -0.2) is 47.5 Å². The third-order valence-corrected chi connectivity index (χ3v) is 4.23. The molecule has 0 aromatic carbocycles. The third kappa shape index (κ3) is 4.20. The maximum atomic E-state index is 12.4. The first-order chi connectivity index (χ1) is 12.7. The number of urea groups is 1. The van der Waals surface area contributed by atoms with Gasteiger partial charge in [0.2, 0.25) is 0 Å². The summed E-state index contributed by atoms with van der Waals surface area (Å²) >= 11 is 0. The molecule has 3 rings (SSSR count). The van der Waals surface area contributed by atoms with Gasteiger partial charge in [-0.3, -0.25) is 10.4 Å². The molecule has 0 bridgehead atoms. The molecule has 8 nitrogen and oxygen atoms in total. The van der Waals surface area contributed by atoms with Crippen LogP contribution >= 0.6 is 0 Å². The molecule has 0 spiro atoms. The molecule has 4 N–H and O–H groups in total. The number of carbonyl (C=O) groups is 1. The van der Waals surface area contributed by atoms with Crippen molar-refractivity contribution in [2.75, 3.05) is 30.9 Å². The Morgan fingerprint density at radius 3 is 3.08 bits per heavy atom. The molecule has 0 saturated carbocycles. The number of amides is 2. The zero-order chi connectivity index (χ0) is 18.4. The van der Waals surface area contributed by atoms with Gasteiger partial charge in [-0.1, -0.05) is 24.3 Å². The summed E-state index contributed by atoms with van der Waals surface area (Å²) in [6.07, 6.45) is 10.7. The van der Waals surface area contributed by atoms with E-state index in [0.717, 1.165) is 29.7 Å². The van der Waals surface area contributed by atoms with E-state index in [0.29, 0.717) is 12.4 Å². The number of hydrogen-bond donors (Lipinski definition) is 4. The quantitative estimate of drug-likeness (QED) is 0.611. The molecule has 2 aromatic heterocycles. The minimum atomic E-state index is -0.312. The number of aromatic amines is 1. The normalized spacial score (nSPS) is 17.2. The monoisotopic (exact) mass is 356 g/mol. The van der Waals surface area contributed by atoms with Gasteiger partial charge < -0.3 is 15.4 Å². The average molecular weight is 356 g/mol. The Labute approximate surface area is 152 Å². The lowest BCUT2D eigenvalue weighted by Gasteiger charge is -2.25. The first kappa shape index (κ1) is 17.9. The van der Waals surface area contributed by atoms with Crippen molar-refractivity contribution in [2.45, 2.75) is 19.4 Å². The average Bonchev–Trinajstić information content (AvgIpc) is 3.05. The largest absolute Gasteiger partial charge is 0.383 e. The van der Waals surface area contributed by atoms with Crippen molar-refractivity contribution in [2.24, 2.45) is 5.92 Å². The van der Waals surface area contributed by atoms with Gasteiger partial charge in [-0.05, 0) is 13.3 Å². The van der Waals surface area contributed by atoms with Crippen LogP contribution in [0.1, 0.15) is 13.3 Å². The second-order valence-corrected chi connectivity index (χ2v) is 6.09. The third-order valence-electron chi connectivity index (χ3n) is 4.23. The summed E-state index contributed by atoms with van der Waals surface area (Å²) in [6.45, 7) is 3.21. The number of aromatic nitrogens is 3. The number of methoxy groups -OCH3 is 1. The Morgan fingerprint density at radius 1 is 1.46 bits per heavy atom. The van der Waals surface area contributed by atoms with E-state index >= 15 is 0 Å². The predicted octanol–water partition coefficient (Wildman–Crippen LogP) is 2.66. The van der Waals surface area contributed by atoms with Gasteiger partial charge in [-0.25, -0.2) is 9.78 Å². The van der Waals surface area contributed by atoms with Crippen LogP contribution in [-0.2, 0) is 4.74 Å². The Balaban J connectivity index is 1.65. The highest BCUT2D eigenvalue weighted by molar-refractivity contribution is 5.94. The van der Waals surface area contributed by atoms with Gasteiger partial charge in [0, 0.05) is 31.8 Å². The first-order valence-corrected chi connectivity index (χ1v) is 8.69. The molecule has 2 aromatic rings. The predicted molar refractivity (Wildman–Crippen MR) is 102 cm³/mol. The van der Waals surface area contributed by atoms with Crippen molar-refractivity contribution in [3.05, 3.63) is 36.6 Å². The molecule has 1 unspecified atom stereocenters. The minimum absolute atomic E-state index is 0.113. The number of hydrogen-bond acceptors (Lipinski definition) is 5. The van der Waals surface area contributed by atoms with Crippen LogP contribution in [0.4, 0.5) is 16.4 Å². The van der Waals surface area contributed by atoms with E-state index in [1.165, 1.54) is 0 Å². The lowest BCUT2D eigenvalue weighted by molar-refractivity contribution is 0.151. The molecule has 2 atom stereocenters. The molecule has 2 heterocycles. The van der Waals surface area contributed by atoms with Gasteiger partial charge in [0.15, 0.2) is 5.82 Å². The van der Waals surface area contributed by atoms with E-state index in [9.17, 15) is 4.79 Å². The van der Waals surface area contributed by atoms with Crippen molar-refractivity contribution in [3.63, 3.8) is 0 Å². The number of carbonyl (C=O) groups excluding carboxylic acids is 1. The molecule has 0 radical (unpaired) electrons. The van der Waals surface area contributed by atoms with Crippen molar-refractivity contribution >= 4 is 28.6 Å². The molecule has 0 saturated heterocycles. The maximum absolute atomic E-state index is 12.4. The second kappa shape index (κ2) is 8.48. The molecule has 1 aliphatic rings. The van der Waals surface area contributed by atoms with Crippen LogP contribution in [0.5, 0.6) is 0 Å². The number of fused-ring (bicyclic) bond motifs is 1. The summed E-state index contributed by atoms with van der Waals surface area (Å²) in [5, 5.41) is 16.9. The van der Waals surface area contributed by atoms with E-state index < -0.39 is 0 Å². The summed E-state index contributed by atoms with van der Waals surface area (Å²) in [7, 11) is 1.63. The van der Waals surface area contributed by atoms with Crippen LogP contribution in [0.15, 0.2) is 36.6 Å². The fourth-order valence-electron chi connectivity index (χ4n) is 2.95. The van der Waals surface area contributed by atoms with Gasteiger partial charge in [0.25, 0.3) is 0 Å². The molecule has 2 amide bonds. The van der Waals surface area contributed by atoms with Gasteiger partial charge in [0.05, 0.1) is 23.6 Å². The zero-order valence-corrected chi connectivity index (χ0v) is 15.0. The Hall–Kier alpha value is -2.87. The standard InChI is InChI=1S/C18H24N6O2/c1-3-19-17-13-10-20-16(9-14(13)23-24-17)22-18(25)21-15(11-26-2)12-7-5-4-6-8-12/h4-7,9-10,12,15H,3,8,11H2,1-2H3,(H2,19,23,24)(H2,20,21,22,25)/t12?,15-/m1/s1. The van der Waals surface area contributed by atoms with Crippen molar-refractivity contribution in [1.29, 1.82) is 0 Å². The lowest BCUT2D eigenvalue weighted by Crippen LogP contribution is -2.45. The molecule has 0 aliphatic heterocycles.